The summed E-state index contributed by atoms with van der Waals surface area (Å²) in [5.41, 5.74) is 3.95. The van der Waals surface area contributed by atoms with E-state index in [4.69, 9.17) is 16.6 Å². The van der Waals surface area contributed by atoms with E-state index in [2.05, 4.69) is 10.1 Å². The number of carbonyl (C=O) groups excluding carboxylic acids is 1. The minimum absolute atomic E-state index is 0.161. The smallest absolute Gasteiger partial charge is 0.277 e. The number of benzene rings is 1. The first-order valence-corrected chi connectivity index (χ1v) is 10.5. The van der Waals surface area contributed by atoms with Crippen LogP contribution in [0.3, 0.4) is 0 Å². The van der Waals surface area contributed by atoms with Crippen LogP contribution in [-0.2, 0) is 13.1 Å². The zero-order valence-corrected chi connectivity index (χ0v) is 18.0. The van der Waals surface area contributed by atoms with Gasteiger partial charge in [-0.3, -0.25) is 19.4 Å². The summed E-state index contributed by atoms with van der Waals surface area (Å²) >= 11 is 7.81. The second-order valence-corrected chi connectivity index (χ2v) is 8.12. The molecule has 0 fully saturated rings. The predicted molar refractivity (Wildman–Crippen MR) is 117 cm³/mol. The van der Waals surface area contributed by atoms with E-state index >= 15 is 0 Å². The van der Waals surface area contributed by atoms with Gasteiger partial charge >= 0.3 is 0 Å². The van der Waals surface area contributed by atoms with Gasteiger partial charge in [-0.1, -0.05) is 35.1 Å². The number of hydrogen-bond acceptors (Lipinski definition) is 5. The molecule has 4 aromatic rings. The van der Waals surface area contributed by atoms with E-state index in [1.807, 2.05) is 57.2 Å². The summed E-state index contributed by atoms with van der Waals surface area (Å²) in [5.74, 6) is -0.161. The molecule has 1 amide bonds. The molecule has 29 heavy (non-hydrogen) atoms. The van der Waals surface area contributed by atoms with Crippen molar-refractivity contribution in [1.29, 1.82) is 0 Å². The highest BCUT2D eigenvalue weighted by Gasteiger charge is 2.26. The number of aromatic nitrogens is 4. The molecule has 0 radical (unpaired) electrons. The average molecular weight is 426 g/mol. The molecule has 0 saturated carbocycles. The molecule has 0 aliphatic rings. The second kappa shape index (κ2) is 7.93. The molecule has 0 bridgehead atoms. The quantitative estimate of drug-likeness (QED) is 0.450. The number of halogens is 1. The van der Waals surface area contributed by atoms with E-state index < -0.39 is 0 Å². The van der Waals surface area contributed by atoms with Crippen molar-refractivity contribution < 1.29 is 4.79 Å². The van der Waals surface area contributed by atoms with Crippen LogP contribution < -0.4 is 4.90 Å². The van der Waals surface area contributed by atoms with Crippen molar-refractivity contribution in [2.24, 2.45) is 0 Å². The molecule has 6 nitrogen and oxygen atoms in total. The first-order chi connectivity index (χ1) is 14.0. The second-order valence-electron chi connectivity index (χ2n) is 6.74. The average Bonchev–Trinajstić information content (AvgIpc) is 3.34. The van der Waals surface area contributed by atoms with Crippen molar-refractivity contribution in [2.45, 2.75) is 33.9 Å². The highest BCUT2D eigenvalue weighted by molar-refractivity contribution is 7.23. The Balaban J connectivity index is 1.83. The van der Waals surface area contributed by atoms with Crippen molar-refractivity contribution in [3.05, 3.63) is 70.3 Å². The first-order valence-electron chi connectivity index (χ1n) is 9.29. The lowest BCUT2D eigenvalue weighted by Gasteiger charge is -2.19. The van der Waals surface area contributed by atoms with E-state index in [0.717, 1.165) is 27.2 Å². The van der Waals surface area contributed by atoms with E-state index in [9.17, 15) is 4.79 Å². The lowest BCUT2D eigenvalue weighted by atomic mass is 10.2. The van der Waals surface area contributed by atoms with Gasteiger partial charge in [0.1, 0.15) is 5.69 Å². The third kappa shape index (κ3) is 3.75. The highest BCUT2D eigenvalue weighted by Crippen LogP contribution is 2.36. The van der Waals surface area contributed by atoms with Crippen LogP contribution in [0.15, 0.2) is 42.6 Å². The topological polar surface area (TPSA) is 63.9 Å². The molecule has 0 atom stereocenters. The van der Waals surface area contributed by atoms with Crippen LogP contribution in [0.4, 0.5) is 5.13 Å². The van der Waals surface area contributed by atoms with Crippen LogP contribution in [0.5, 0.6) is 0 Å². The van der Waals surface area contributed by atoms with Gasteiger partial charge in [0.2, 0.25) is 0 Å². The van der Waals surface area contributed by atoms with Gasteiger partial charge < -0.3 is 0 Å². The van der Waals surface area contributed by atoms with Crippen LogP contribution >= 0.6 is 22.9 Å². The number of pyridine rings is 1. The lowest BCUT2D eigenvalue weighted by molar-refractivity contribution is 0.0974. The van der Waals surface area contributed by atoms with E-state index in [1.54, 1.807) is 15.8 Å². The normalized spacial score (nSPS) is 11.2. The third-order valence-corrected chi connectivity index (χ3v) is 6.17. The van der Waals surface area contributed by atoms with Gasteiger partial charge in [0.25, 0.3) is 5.91 Å². The van der Waals surface area contributed by atoms with Crippen molar-refractivity contribution in [3.63, 3.8) is 0 Å². The van der Waals surface area contributed by atoms with Crippen LogP contribution in [0.25, 0.3) is 10.2 Å². The maximum absolute atomic E-state index is 13.6. The van der Waals surface area contributed by atoms with Gasteiger partial charge in [-0.05, 0) is 50.6 Å². The molecule has 8 heteroatoms. The first kappa shape index (κ1) is 19.5. The Hall–Kier alpha value is -2.77. The minimum Gasteiger partial charge on any atom is -0.277 e. The standard InChI is InChI=1S/C21H20ClN5OS/c1-4-27-17(11-14(3)25-27)20(28)26(12-15-7-5-6-10-23-15)21-24-18-13(2)8-9-16(22)19(18)29-21/h5-11H,4,12H2,1-3H3. The number of anilines is 1. The Kier molecular flexibility index (Phi) is 5.34. The SMILES string of the molecule is CCn1nc(C)cc1C(=O)N(Cc1ccccn1)c1nc2c(C)ccc(Cl)c2s1. The fourth-order valence-electron chi connectivity index (χ4n) is 3.18. The van der Waals surface area contributed by atoms with Gasteiger partial charge in [0.15, 0.2) is 5.13 Å². The van der Waals surface area contributed by atoms with Gasteiger partial charge in [-0.25, -0.2) is 4.98 Å². The fourth-order valence-corrected chi connectivity index (χ4v) is 4.50. The monoisotopic (exact) mass is 425 g/mol. The van der Waals surface area contributed by atoms with E-state index in [1.165, 1.54) is 11.3 Å². The molecule has 0 spiro atoms. The molecule has 3 aromatic heterocycles. The Morgan fingerprint density at radius 2 is 2.07 bits per heavy atom. The Morgan fingerprint density at radius 1 is 1.24 bits per heavy atom. The molecule has 0 saturated heterocycles. The van der Waals surface area contributed by atoms with Gasteiger partial charge in [0.05, 0.1) is 33.2 Å². The third-order valence-electron chi connectivity index (χ3n) is 4.63. The van der Waals surface area contributed by atoms with Crippen LogP contribution in [0, 0.1) is 13.8 Å². The maximum Gasteiger partial charge on any atom is 0.278 e. The summed E-state index contributed by atoms with van der Waals surface area (Å²) in [6, 6.07) is 11.3. The molecule has 1 aromatic carbocycles. The summed E-state index contributed by atoms with van der Waals surface area (Å²) in [6.45, 7) is 6.75. The number of fused-ring (bicyclic) bond motifs is 1. The Bertz CT molecular complexity index is 1150. The summed E-state index contributed by atoms with van der Waals surface area (Å²) < 4.78 is 2.59. The number of nitrogens with zero attached hydrogens (tertiary/aromatic N) is 5. The number of aryl methyl sites for hydroxylation is 3. The summed E-state index contributed by atoms with van der Waals surface area (Å²) in [7, 11) is 0. The van der Waals surface area contributed by atoms with Crippen LogP contribution in [0.1, 0.15) is 34.4 Å². The Labute approximate surface area is 177 Å². The molecule has 148 valence electrons. The van der Waals surface area contributed by atoms with Gasteiger partial charge in [-0.2, -0.15) is 5.10 Å². The molecular formula is C21H20ClN5OS. The lowest BCUT2D eigenvalue weighted by Crippen LogP contribution is -2.32. The number of carbonyl (C=O) groups is 1. The fraction of sp³-hybridized carbons (Fsp3) is 0.238. The van der Waals surface area contributed by atoms with Crippen molar-refractivity contribution in [1.82, 2.24) is 19.7 Å². The van der Waals surface area contributed by atoms with Crippen molar-refractivity contribution in [2.75, 3.05) is 4.90 Å². The number of hydrogen-bond donors (Lipinski definition) is 0. The number of thiazole rings is 1. The maximum atomic E-state index is 13.6. The summed E-state index contributed by atoms with van der Waals surface area (Å²) in [4.78, 5) is 24.4. The van der Waals surface area contributed by atoms with E-state index in [0.29, 0.717) is 28.9 Å². The van der Waals surface area contributed by atoms with Crippen molar-refractivity contribution in [3.8, 4) is 0 Å². The summed E-state index contributed by atoms with van der Waals surface area (Å²) in [6.07, 6.45) is 1.72. The number of rotatable bonds is 5. The Morgan fingerprint density at radius 3 is 2.76 bits per heavy atom. The van der Waals surface area contributed by atoms with Crippen LogP contribution in [-0.4, -0.2) is 25.7 Å². The molecule has 0 N–H and O–H groups in total. The molecule has 0 unspecified atom stereocenters. The molecule has 4 rings (SSSR count). The van der Waals surface area contributed by atoms with Crippen molar-refractivity contribution >= 4 is 44.2 Å². The van der Waals surface area contributed by atoms with Gasteiger partial charge in [0, 0.05) is 12.7 Å². The van der Waals surface area contributed by atoms with E-state index in [-0.39, 0.29) is 5.91 Å². The molecule has 0 aliphatic heterocycles. The zero-order chi connectivity index (χ0) is 20.5. The summed E-state index contributed by atoms with van der Waals surface area (Å²) in [5, 5.41) is 5.64. The van der Waals surface area contributed by atoms with Crippen LogP contribution in [0.2, 0.25) is 5.02 Å². The largest absolute Gasteiger partial charge is 0.278 e. The highest BCUT2D eigenvalue weighted by atomic mass is 35.5. The molecule has 3 heterocycles. The molecule has 0 aliphatic carbocycles. The number of amides is 1. The zero-order valence-electron chi connectivity index (χ0n) is 16.4. The molecular weight excluding hydrogens is 406 g/mol. The van der Waals surface area contributed by atoms with Gasteiger partial charge in [-0.15, -0.1) is 0 Å². The predicted octanol–water partition coefficient (Wildman–Crippen LogP) is 5.02. The minimum atomic E-state index is -0.161.